The molecule has 0 amide bonds. The summed E-state index contributed by atoms with van der Waals surface area (Å²) in [6.45, 7) is 10.9. The third kappa shape index (κ3) is 6.05. The van der Waals surface area contributed by atoms with Crippen molar-refractivity contribution >= 4 is 12.6 Å². The summed E-state index contributed by atoms with van der Waals surface area (Å²) in [5, 5.41) is 0. The Bertz CT molecular complexity index is 221. The van der Waals surface area contributed by atoms with Crippen LogP contribution in [0.5, 0.6) is 0 Å². The van der Waals surface area contributed by atoms with Crippen molar-refractivity contribution in [2.45, 2.75) is 52.4 Å². The fraction of sp³-hybridized carbons (Fsp3) is 1.00. The highest BCUT2D eigenvalue weighted by atomic mass is 32.1. The molecule has 0 unspecified atom stereocenters. The van der Waals surface area contributed by atoms with E-state index in [0.29, 0.717) is 5.41 Å². The zero-order valence-electron chi connectivity index (χ0n) is 13.3. The molecular formula is C16H34N2S. The summed E-state index contributed by atoms with van der Waals surface area (Å²) in [6, 6.07) is 0. The molecule has 1 saturated heterocycles. The first-order valence-corrected chi connectivity index (χ1v) is 8.81. The fourth-order valence-corrected chi connectivity index (χ4v) is 3.94. The van der Waals surface area contributed by atoms with Gasteiger partial charge in [-0.2, -0.15) is 12.6 Å². The molecule has 1 heterocycles. The first-order valence-electron chi connectivity index (χ1n) is 8.17. The molecule has 114 valence electrons. The van der Waals surface area contributed by atoms with Gasteiger partial charge in [-0.15, -0.1) is 0 Å². The molecule has 0 saturated carbocycles. The van der Waals surface area contributed by atoms with Gasteiger partial charge in [-0.25, -0.2) is 0 Å². The summed E-state index contributed by atoms with van der Waals surface area (Å²) in [5.74, 6) is 1.03. The maximum Gasteiger partial charge on any atom is 0.0109 e. The number of rotatable bonds is 10. The van der Waals surface area contributed by atoms with Crippen LogP contribution in [-0.2, 0) is 0 Å². The summed E-state index contributed by atoms with van der Waals surface area (Å²) in [4.78, 5) is 5.15. The van der Waals surface area contributed by atoms with Crippen molar-refractivity contribution in [1.82, 2.24) is 9.80 Å². The van der Waals surface area contributed by atoms with Crippen molar-refractivity contribution in [3.8, 4) is 0 Å². The van der Waals surface area contributed by atoms with Gasteiger partial charge in [-0.3, -0.25) is 0 Å². The van der Waals surface area contributed by atoms with Crippen LogP contribution in [0, 0.1) is 5.41 Å². The minimum Gasteiger partial charge on any atom is -0.305 e. The highest BCUT2D eigenvalue weighted by molar-refractivity contribution is 7.80. The van der Waals surface area contributed by atoms with Gasteiger partial charge in [0, 0.05) is 19.6 Å². The normalized spacial score (nSPS) is 17.5. The first kappa shape index (κ1) is 17.3. The molecule has 0 aliphatic carbocycles. The van der Waals surface area contributed by atoms with Gasteiger partial charge in [-0.05, 0) is 57.0 Å². The Hall–Kier alpha value is 0.270. The minimum atomic E-state index is 0.437. The molecule has 0 aromatic heterocycles. The summed E-state index contributed by atoms with van der Waals surface area (Å²) < 4.78 is 0. The highest BCUT2D eigenvalue weighted by Crippen LogP contribution is 2.32. The van der Waals surface area contributed by atoms with Crippen LogP contribution in [-0.4, -0.2) is 55.3 Å². The monoisotopic (exact) mass is 286 g/mol. The Balaban J connectivity index is 2.37. The van der Waals surface area contributed by atoms with Crippen LogP contribution in [0.3, 0.4) is 0 Å². The smallest absolute Gasteiger partial charge is 0.0109 e. The van der Waals surface area contributed by atoms with Crippen molar-refractivity contribution in [1.29, 1.82) is 0 Å². The molecule has 1 aliphatic rings. The molecule has 0 aromatic rings. The molecular weight excluding hydrogens is 252 g/mol. The van der Waals surface area contributed by atoms with Gasteiger partial charge in [-0.1, -0.05) is 26.7 Å². The van der Waals surface area contributed by atoms with Crippen LogP contribution in [0.25, 0.3) is 0 Å². The molecule has 19 heavy (non-hydrogen) atoms. The average Bonchev–Trinajstić information content (AvgIpc) is 2.90. The lowest BCUT2D eigenvalue weighted by molar-refractivity contribution is 0.157. The second kappa shape index (κ2) is 9.25. The summed E-state index contributed by atoms with van der Waals surface area (Å²) >= 11 is 4.66. The van der Waals surface area contributed by atoms with E-state index in [9.17, 15) is 0 Å². The molecule has 0 atom stereocenters. The number of nitrogens with zero attached hydrogens (tertiary/aromatic N) is 2. The Morgan fingerprint density at radius 3 is 2.16 bits per heavy atom. The lowest BCUT2D eigenvalue weighted by atomic mass is 9.80. The number of likely N-dealkylation sites (N-methyl/N-ethyl adjacent to an activating group) is 1. The van der Waals surface area contributed by atoms with Crippen molar-refractivity contribution < 1.29 is 0 Å². The Labute approximate surface area is 126 Å². The lowest BCUT2D eigenvalue weighted by Crippen LogP contribution is -2.40. The molecule has 0 spiro atoms. The Kier molecular flexibility index (Phi) is 8.43. The van der Waals surface area contributed by atoms with E-state index < -0.39 is 0 Å². The topological polar surface area (TPSA) is 6.48 Å². The molecule has 0 radical (unpaired) electrons. The Morgan fingerprint density at radius 2 is 1.68 bits per heavy atom. The van der Waals surface area contributed by atoms with Crippen LogP contribution in [0.15, 0.2) is 0 Å². The highest BCUT2D eigenvalue weighted by Gasteiger charge is 2.28. The van der Waals surface area contributed by atoms with E-state index in [0.717, 1.165) is 5.75 Å². The number of hydrogen-bond acceptors (Lipinski definition) is 3. The first-order chi connectivity index (χ1) is 9.15. The number of thiol groups is 1. The average molecular weight is 287 g/mol. The van der Waals surface area contributed by atoms with Gasteiger partial charge < -0.3 is 9.80 Å². The lowest BCUT2D eigenvalue weighted by Gasteiger charge is -2.36. The predicted octanol–water partition coefficient (Wildman–Crippen LogP) is 3.53. The van der Waals surface area contributed by atoms with Crippen LogP contribution < -0.4 is 0 Å². The second-order valence-electron chi connectivity index (χ2n) is 6.44. The van der Waals surface area contributed by atoms with Crippen LogP contribution >= 0.6 is 12.6 Å². The largest absolute Gasteiger partial charge is 0.305 e. The van der Waals surface area contributed by atoms with Crippen LogP contribution in [0.2, 0.25) is 0 Å². The van der Waals surface area contributed by atoms with Crippen molar-refractivity contribution in [3.63, 3.8) is 0 Å². The van der Waals surface area contributed by atoms with Gasteiger partial charge in [0.2, 0.25) is 0 Å². The fourth-order valence-electron chi connectivity index (χ4n) is 3.52. The molecule has 0 aromatic carbocycles. The third-order valence-electron chi connectivity index (χ3n) is 4.50. The van der Waals surface area contributed by atoms with E-state index in [1.807, 2.05) is 0 Å². The quantitative estimate of drug-likeness (QED) is 0.614. The zero-order chi connectivity index (χ0) is 14.1. The van der Waals surface area contributed by atoms with E-state index in [1.165, 1.54) is 71.2 Å². The van der Waals surface area contributed by atoms with Gasteiger partial charge >= 0.3 is 0 Å². The summed E-state index contributed by atoms with van der Waals surface area (Å²) in [6.07, 6.45) is 7.99. The van der Waals surface area contributed by atoms with Crippen LogP contribution in [0.1, 0.15) is 52.4 Å². The molecule has 0 bridgehead atoms. The van der Waals surface area contributed by atoms with Gasteiger partial charge in [0.25, 0.3) is 0 Å². The second-order valence-corrected chi connectivity index (χ2v) is 6.76. The summed E-state index contributed by atoms with van der Waals surface area (Å²) in [7, 11) is 2.29. The van der Waals surface area contributed by atoms with Gasteiger partial charge in [0.15, 0.2) is 0 Å². The van der Waals surface area contributed by atoms with E-state index in [2.05, 4.69) is 43.3 Å². The zero-order valence-corrected chi connectivity index (χ0v) is 14.2. The van der Waals surface area contributed by atoms with Crippen molar-refractivity contribution in [2.75, 3.05) is 45.5 Å². The van der Waals surface area contributed by atoms with Crippen molar-refractivity contribution in [3.05, 3.63) is 0 Å². The molecule has 0 N–H and O–H groups in total. The van der Waals surface area contributed by atoms with Gasteiger partial charge in [0.05, 0.1) is 0 Å². The van der Waals surface area contributed by atoms with E-state index in [-0.39, 0.29) is 0 Å². The van der Waals surface area contributed by atoms with Crippen LogP contribution in [0.4, 0.5) is 0 Å². The predicted molar refractivity (Wildman–Crippen MR) is 89.3 cm³/mol. The van der Waals surface area contributed by atoms with E-state index in [4.69, 9.17) is 0 Å². The van der Waals surface area contributed by atoms with Gasteiger partial charge in [0.1, 0.15) is 0 Å². The van der Waals surface area contributed by atoms with Crippen molar-refractivity contribution in [2.24, 2.45) is 5.41 Å². The standard InChI is InChI=1S/C16H34N2S/c1-4-8-16(15-19,9-5-2)14-17(3)12-13-18-10-6-7-11-18/h19H,4-15H2,1-3H3. The van der Waals surface area contributed by atoms with E-state index >= 15 is 0 Å². The molecule has 2 nitrogen and oxygen atoms in total. The number of hydrogen-bond donors (Lipinski definition) is 1. The maximum atomic E-state index is 4.66. The third-order valence-corrected chi connectivity index (χ3v) is 5.17. The summed E-state index contributed by atoms with van der Waals surface area (Å²) in [5.41, 5.74) is 0.437. The minimum absolute atomic E-state index is 0.437. The molecule has 1 rings (SSSR count). The SMILES string of the molecule is CCCC(CS)(CCC)CN(C)CCN1CCCC1. The molecule has 1 aliphatic heterocycles. The van der Waals surface area contributed by atoms with E-state index in [1.54, 1.807) is 0 Å². The number of likely N-dealkylation sites (tertiary alicyclic amines) is 1. The molecule has 3 heteroatoms. The maximum absolute atomic E-state index is 4.66. The Morgan fingerprint density at radius 1 is 1.11 bits per heavy atom. The molecule has 1 fully saturated rings.